The zero-order chi connectivity index (χ0) is 23.1. The van der Waals surface area contributed by atoms with Gasteiger partial charge in [-0.3, -0.25) is 4.79 Å². The number of carbonyl (C=O) groups excluding carboxylic acids is 2. The van der Waals surface area contributed by atoms with Crippen molar-refractivity contribution in [1.82, 2.24) is 19.8 Å². The molecule has 3 rings (SSSR count). The zero-order valence-corrected chi connectivity index (χ0v) is 19.5. The summed E-state index contributed by atoms with van der Waals surface area (Å²) in [6.07, 6.45) is 3.47. The van der Waals surface area contributed by atoms with Crippen molar-refractivity contribution in [3.63, 3.8) is 0 Å². The molecule has 2 saturated heterocycles. The highest BCUT2D eigenvalue weighted by atomic mass is 32.2. The molecule has 9 heteroatoms. The average Bonchev–Trinajstić information content (AvgIpc) is 2.81. The molecule has 2 N–H and O–H groups in total. The Morgan fingerprint density at radius 1 is 1.12 bits per heavy atom. The van der Waals surface area contributed by atoms with E-state index in [1.165, 1.54) is 11.6 Å². The van der Waals surface area contributed by atoms with Crippen molar-refractivity contribution in [2.45, 2.75) is 43.9 Å². The molecule has 0 spiro atoms. The molecule has 0 aromatic heterocycles. The van der Waals surface area contributed by atoms with Crippen LogP contribution in [0.15, 0.2) is 43.0 Å². The fraction of sp³-hybridized carbons (Fsp3) is 0.565. The van der Waals surface area contributed by atoms with Crippen LogP contribution in [0.25, 0.3) is 0 Å². The predicted octanol–water partition coefficient (Wildman–Crippen LogP) is 1.75. The van der Waals surface area contributed by atoms with Crippen molar-refractivity contribution in [2.24, 2.45) is 5.92 Å². The van der Waals surface area contributed by atoms with E-state index in [9.17, 15) is 18.0 Å². The first-order valence-corrected chi connectivity index (χ1v) is 12.8. The number of amides is 3. The van der Waals surface area contributed by atoms with Gasteiger partial charge in [0, 0.05) is 38.8 Å². The van der Waals surface area contributed by atoms with Crippen molar-refractivity contribution in [2.75, 3.05) is 32.7 Å². The van der Waals surface area contributed by atoms with Gasteiger partial charge < -0.3 is 15.5 Å². The van der Waals surface area contributed by atoms with Gasteiger partial charge in [0.2, 0.25) is 15.9 Å². The van der Waals surface area contributed by atoms with Gasteiger partial charge in [0.1, 0.15) is 0 Å². The summed E-state index contributed by atoms with van der Waals surface area (Å²) in [6, 6.07) is 9.78. The molecule has 0 saturated carbocycles. The summed E-state index contributed by atoms with van der Waals surface area (Å²) in [7, 11) is -3.44. The van der Waals surface area contributed by atoms with Crippen LogP contribution in [0.3, 0.4) is 0 Å². The van der Waals surface area contributed by atoms with E-state index >= 15 is 0 Å². The van der Waals surface area contributed by atoms with Gasteiger partial charge in [0.05, 0.1) is 5.25 Å². The predicted molar refractivity (Wildman–Crippen MR) is 125 cm³/mol. The van der Waals surface area contributed by atoms with E-state index in [1.54, 1.807) is 9.21 Å². The van der Waals surface area contributed by atoms with Crippen molar-refractivity contribution < 1.29 is 18.0 Å². The molecule has 3 amide bonds. The first-order valence-electron chi connectivity index (χ1n) is 11.3. The SMILES string of the molecule is C=CC(=O)NC1CCN(S(=O)(=O)C2CCN(C(=O)NCCc3ccccc3)CC2)CC1C. The van der Waals surface area contributed by atoms with Gasteiger partial charge in [0.15, 0.2) is 0 Å². The van der Waals surface area contributed by atoms with Crippen molar-refractivity contribution in [1.29, 1.82) is 0 Å². The van der Waals surface area contributed by atoms with Crippen molar-refractivity contribution >= 4 is 22.0 Å². The number of sulfonamides is 1. The van der Waals surface area contributed by atoms with E-state index in [4.69, 9.17) is 0 Å². The third-order valence-electron chi connectivity index (χ3n) is 6.42. The molecule has 0 radical (unpaired) electrons. The fourth-order valence-corrected chi connectivity index (χ4v) is 6.46. The lowest BCUT2D eigenvalue weighted by Gasteiger charge is -2.39. The Hall–Kier alpha value is -2.39. The summed E-state index contributed by atoms with van der Waals surface area (Å²) >= 11 is 0. The monoisotopic (exact) mass is 462 g/mol. The smallest absolute Gasteiger partial charge is 0.317 e. The lowest BCUT2D eigenvalue weighted by atomic mass is 9.95. The number of nitrogens with one attached hydrogen (secondary N) is 2. The van der Waals surface area contributed by atoms with Crippen molar-refractivity contribution in [3.05, 3.63) is 48.6 Å². The van der Waals surface area contributed by atoms with E-state index in [2.05, 4.69) is 17.2 Å². The van der Waals surface area contributed by atoms with Crippen LogP contribution in [0.5, 0.6) is 0 Å². The second-order valence-corrected chi connectivity index (χ2v) is 10.9. The molecule has 32 heavy (non-hydrogen) atoms. The Morgan fingerprint density at radius 2 is 1.81 bits per heavy atom. The van der Waals surface area contributed by atoms with Crippen LogP contribution in [0.1, 0.15) is 31.7 Å². The highest BCUT2D eigenvalue weighted by molar-refractivity contribution is 7.89. The average molecular weight is 463 g/mol. The summed E-state index contributed by atoms with van der Waals surface area (Å²) in [4.78, 5) is 25.7. The molecule has 8 nitrogen and oxygen atoms in total. The van der Waals surface area contributed by atoms with E-state index < -0.39 is 15.3 Å². The number of likely N-dealkylation sites (tertiary alicyclic amines) is 1. The maximum absolute atomic E-state index is 13.2. The van der Waals surface area contributed by atoms with Gasteiger partial charge in [-0.2, -0.15) is 0 Å². The van der Waals surface area contributed by atoms with Crippen LogP contribution in [0.2, 0.25) is 0 Å². The first kappa shape index (κ1) is 24.3. The topological polar surface area (TPSA) is 98.8 Å². The third kappa shape index (κ3) is 6.10. The summed E-state index contributed by atoms with van der Waals surface area (Å²) in [6.45, 7) is 7.63. The van der Waals surface area contributed by atoms with E-state index in [0.29, 0.717) is 52.0 Å². The number of hydrogen-bond donors (Lipinski definition) is 2. The Bertz CT molecular complexity index is 898. The molecule has 1 aromatic rings. The molecule has 2 heterocycles. The Kier molecular flexibility index (Phi) is 8.31. The molecule has 0 aliphatic carbocycles. The standard InChI is InChI=1S/C23H34N4O4S/c1-3-22(28)25-21-12-16-27(17-18(21)2)32(30,31)20-10-14-26(15-11-20)23(29)24-13-9-19-7-5-4-6-8-19/h3-8,18,20-21H,1,9-17H2,2H3,(H,24,29)(H,25,28). The molecular formula is C23H34N4O4S. The third-order valence-corrected chi connectivity index (χ3v) is 8.79. The van der Waals surface area contributed by atoms with Crippen LogP contribution in [0, 0.1) is 5.92 Å². The molecule has 2 fully saturated rings. The minimum Gasteiger partial charge on any atom is -0.349 e. The number of benzene rings is 1. The van der Waals surface area contributed by atoms with Crippen LogP contribution >= 0.6 is 0 Å². The molecule has 2 aliphatic rings. The number of nitrogens with zero attached hydrogens (tertiary/aromatic N) is 2. The highest BCUT2D eigenvalue weighted by Crippen LogP contribution is 2.26. The summed E-state index contributed by atoms with van der Waals surface area (Å²) in [5.41, 5.74) is 1.17. The number of urea groups is 1. The Labute approximate surface area is 191 Å². The van der Waals surface area contributed by atoms with Crippen LogP contribution in [-0.4, -0.2) is 73.6 Å². The summed E-state index contributed by atoms with van der Waals surface area (Å²) in [5.74, 6) is -0.203. The van der Waals surface area contributed by atoms with Crippen LogP contribution < -0.4 is 10.6 Å². The van der Waals surface area contributed by atoms with Crippen LogP contribution in [-0.2, 0) is 21.2 Å². The van der Waals surface area contributed by atoms with Gasteiger partial charge in [0.25, 0.3) is 0 Å². The van der Waals surface area contributed by atoms with Crippen molar-refractivity contribution in [3.8, 4) is 0 Å². The molecule has 2 atom stereocenters. The lowest BCUT2D eigenvalue weighted by Crippen LogP contribution is -2.54. The molecule has 176 valence electrons. The Morgan fingerprint density at radius 3 is 2.44 bits per heavy atom. The van der Waals surface area contributed by atoms with E-state index in [1.807, 2.05) is 37.3 Å². The molecular weight excluding hydrogens is 428 g/mol. The summed E-state index contributed by atoms with van der Waals surface area (Å²) < 4.78 is 27.9. The normalized spacial score (nSPS) is 22.8. The molecule has 2 aliphatic heterocycles. The van der Waals surface area contributed by atoms with Gasteiger partial charge in [-0.15, -0.1) is 0 Å². The van der Waals surface area contributed by atoms with Gasteiger partial charge in [-0.05, 0) is 43.2 Å². The van der Waals surface area contributed by atoms with E-state index in [-0.39, 0.29) is 23.9 Å². The van der Waals surface area contributed by atoms with Gasteiger partial charge >= 0.3 is 6.03 Å². The van der Waals surface area contributed by atoms with Gasteiger partial charge in [-0.1, -0.05) is 43.8 Å². The second kappa shape index (κ2) is 11.0. The van der Waals surface area contributed by atoms with E-state index in [0.717, 1.165) is 6.42 Å². The Balaban J connectivity index is 1.45. The molecule has 2 unspecified atom stereocenters. The first-order chi connectivity index (χ1) is 15.3. The minimum atomic E-state index is -3.44. The largest absolute Gasteiger partial charge is 0.349 e. The highest BCUT2D eigenvalue weighted by Gasteiger charge is 2.39. The molecule has 1 aromatic carbocycles. The lowest BCUT2D eigenvalue weighted by molar-refractivity contribution is -0.117. The summed E-state index contributed by atoms with van der Waals surface area (Å²) in [5, 5.41) is 5.35. The fourth-order valence-electron chi connectivity index (χ4n) is 4.43. The number of hydrogen-bond acceptors (Lipinski definition) is 4. The van der Waals surface area contributed by atoms with Gasteiger partial charge in [-0.25, -0.2) is 17.5 Å². The maximum atomic E-state index is 13.2. The maximum Gasteiger partial charge on any atom is 0.317 e. The number of piperidine rings is 2. The number of carbonyl (C=O) groups is 2. The second-order valence-electron chi connectivity index (χ2n) is 8.64. The number of rotatable bonds is 7. The quantitative estimate of drug-likeness (QED) is 0.603. The minimum absolute atomic E-state index is 0.0258. The zero-order valence-electron chi connectivity index (χ0n) is 18.7. The van der Waals surface area contributed by atoms with Crippen LogP contribution in [0.4, 0.5) is 4.79 Å². The molecule has 0 bridgehead atoms.